The van der Waals surface area contributed by atoms with Gasteiger partial charge in [-0.3, -0.25) is 5.10 Å². The van der Waals surface area contributed by atoms with E-state index in [-0.39, 0.29) is 17.1 Å². The Labute approximate surface area is 90.7 Å². The number of aromatic hydroxyl groups is 1. The van der Waals surface area contributed by atoms with Crippen molar-refractivity contribution in [1.82, 2.24) is 10.2 Å². The number of phenolic OH excluding ortho intramolecular Hbond substituents is 1. The number of phenols is 1. The molecular formula is C10H10FN3O2. The first kappa shape index (κ1) is 10.3. The predicted molar refractivity (Wildman–Crippen MR) is 56.6 cm³/mol. The van der Waals surface area contributed by atoms with Crippen molar-refractivity contribution >= 4 is 5.82 Å². The van der Waals surface area contributed by atoms with Gasteiger partial charge in [0.1, 0.15) is 5.82 Å². The number of hydrogen-bond acceptors (Lipinski definition) is 4. The molecule has 0 aliphatic carbocycles. The standard InChI is InChI=1S/C10H10FN3O2/c1-16-7-3-2-5(9(15)8(7)11)6-4-13-14-10(6)12/h2-4,15H,1H3,(H3,12,13,14). The van der Waals surface area contributed by atoms with E-state index in [0.717, 1.165) is 0 Å². The Balaban J connectivity index is 2.60. The van der Waals surface area contributed by atoms with Crippen molar-refractivity contribution in [2.45, 2.75) is 0 Å². The fourth-order valence-electron chi connectivity index (χ4n) is 1.43. The second-order valence-corrected chi connectivity index (χ2v) is 3.18. The van der Waals surface area contributed by atoms with Crippen LogP contribution in [0.25, 0.3) is 11.1 Å². The van der Waals surface area contributed by atoms with Gasteiger partial charge in [-0.25, -0.2) is 0 Å². The zero-order valence-electron chi connectivity index (χ0n) is 8.49. The van der Waals surface area contributed by atoms with Gasteiger partial charge in [0.15, 0.2) is 11.5 Å². The van der Waals surface area contributed by atoms with Crippen molar-refractivity contribution in [2.24, 2.45) is 0 Å². The monoisotopic (exact) mass is 223 g/mol. The van der Waals surface area contributed by atoms with Crippen LogP contribution >= 0.6 is 0 Å². The van der Waals surface area contributed by atoms with E-state index in [4.69, 9.17) is 10.5 Å². The average molecular weight is 223 g/mol. The van der Waals surface area contributed by atoms with Crippen LogP contribution in [-0.4, -0.2) is 22.4 Å². The van der Waals surface area contributed by atoms with Crippen LogP contribution in [0.1, 0.15) is 0 Å². The lowest BCUT2D eigenvalue weighted by atomic mass is 10.1. The fraction of sp³-hybridized carbons (Fsp3) is 0.100. The fourth-order valence-corrected chi connectivity index (χ4v) is 1.43. The number of anilines is 1. The number of H-pyrrole nitrogens is 1. The van der Waals surface area contributed by atoms with Gasteiger partial charge in [-0.15, -0.1) is 0 Å². The third-order valence-electron chi connectivity index (χ3n) is 2.26. The number of ether oxygens (including phenoxy) is 1. The first-order valence-electron chi connectivity index (χ1n) is 4.49. The second-order valence-electron chi connectivity index (χ2n) is 3.18. The lowest BCUT2D eigenvalue weighted by Crippen LogP contribution is -1.92. The molecule has 1 heterocycles. The molecule has 6 heteroatoms. The van der Waals surface area contributed by atoms with E-state index >= 15 is 0 Å². The van der Waals surface area contributed by atoms with Gasteiger partial charge in [0.25, 0.3) is 0 Å². The molecular weight excluding hydrogens is 213 g/mol. The van der Waals surface area contributed by atoms with Gasteiger partial charge in [0.2, 0.25) is 5.82 Å². The highest BCUT2D eigenvalue weighted by molar-refractivity contribution is 5.78. The zero-order valence-corrected chi connectivity index (χ0v) is 8.49. The van der Waals surface area contributed by atoms with Crippen LogP contribution in [0.5, 0.6) is 11.5 Å². The van der Waals surface area contributed by atoms with Crippen LogP contribution in [0.3, 0.4) is 0 Å². The number of hydrogen-bond donors (Lipinski definition) is 3. The van der Waals surface area contributed by atoms with Crippen molar-refractivity contribution in [2.75, 3.05) is 12.8 Å². The van der Waals surface area contributed by atoms with Gasteiger partial charge < -0.3 is 15.6 Å². The topological polar surface area (TPSA) is 84.2 Å². The maximum atomic E-state index is 13.5. The van der Waals surface area contributed by atoms with E-state index in [1.54, 1.807) is 0 Å². The van der Waals surface area contributed by atoms with E-state index in [1.807, 2.05) is 0 Å². The van der Waals surface area contributed by atoms with Gasteiger partial charge in [-0.1, -0.05) is 0 Å². The van der Waals surface area contributed by atoms with E-state index in [1.165, 1.54) is 25.4 Å². The number of nitrogens with zero attached hydrogens (tertiary/aromatic N) is 1. The number of nitrogens with two attached hydrogens (primary N) is 1. The third kappa shape index (κ3) is 1.44. The molecule has 84 valence electrons. The summed E-state index contributed by atoms with van der Waals surface area (Å²) in [5, 5.41) is 15.9. The Hall–Kier alpha value is -2.24. The molecule has 1 aromatic carbocycles. The van der Waals surface area contributed by atoms with Crippen LogP contribution in [0.2, 0.25) is 0 Å². The molecule has 0 aliphatic heterocycles. The first-order valence-corrected chi connectivity index (χ1v) is 4.49. The van der Waals surface area contributed by atoms with Crippen molar-refractivity contribution in [3.05, 3.63) is 24.1 Å². The zero-order chi connectivity index (χ0) is 11.7. The summed E-state index contributed by atoms with van der Waals surface area (Å²) in [7, 11) is 1.32. The molecule has 0 saturated carbocycles. The number of nitrogens with one attached hydrogen (secondary N) is 1. The quantitative estimate of drug-likeness (QED) is 0.720. The largest absolute Gasteiger partial charge is 0.504 e. The lowest BCUT2D eigenvalue weighted by molar-refractivity contribution is 0.365. The van der Waals surface area contributed by atoms with Crippen LogP contribution < -0.4 is 10.5 Å². The summed E-state index contributed by atoms with van der Waals surface area (Å²) >= 11 is 0. The van der Waals surface area contributed by atoms with Gasteiger partial charge in [-0.05, 0) is 12.1 Å². The molecule has 0 spiro atoms. The van der Waals surface area contributed by atoms with E-state index in [9.17, 15) is 9.50 Å². The minimum absolute atomic E-state index is 0.0247. The summed E-state index contributed by atoms with van der Waals surface area (Å²) in [6.07, 6.45) is 1.41. The van der Waals surface area contributed by atoms with Crippen molar-refractivity contribution < 1.29 is 14.2 Å². The number of aromatic nitrogens is 2. The Morgan fingerprint density at radius 3 is 2.75 bits per heavy atom. The normalized spacial score (nSPS) is 10.4. The van der Waals surface area contributed by atoms with Gasteiger partial charge in [-0.2, -0.15) is 9.49 Å². The van der Waals surface area contributed by atoms with Crippen LogP contribution in [0, 0.1) is 5.82 Å². The minimum Gasteiger partial charge on any atom is -0.504 e. The van der Waals surface area contributed by atoms with Gasteiger partial charge >= 0.3 is 0 Å². The molecule has 2 aromatic rings. The molecule has 4 N–H and O–H groups in total. The van der Waals surface area contributed by atoms with E-state index < -0.39 is 11.6 Å². The Morgan fingerprint density at radius 2 is 2.19 bits per heavy atom. The maximum absolute atomic E-state index is 13.5. The smallest absolute Gasteiger partial charge is 0.207 e. The van der Waals surface area contributed by atoms with Crippen molar-refractivity contribution in [1.29, 1.82) is 0 Å². The van der Waals surface area contributed by atoms with Crippen LogP contribution in [0.15, 0.2) is 18.3 Å². The SMILES string of the molecule is COc1ccc(-c2cn[nH]c2N)c(O)c1F. The highest BCUT2D eigenvalue weighted by Gasteiger charge is 2.16. The predicted octanol–water partition coefficient (Wildman–Crippen LogP) is 1.51. The highest BCUT2D eigenvalue weighted by Crippen LogP contribution is 2.37. The van der Waals surface area contributed by atoms with Gasteiger partial charge in [0, 0.05) is 11.1 Å². The number of methoxy groups -OCH3 is 1. The van der Waals surface area contributed by atoms with E-state index in [0.29, 0.717) is 5.56 Å². The molecule has 1 aromatic heterocycles. The van der Waals surface area contributed by atoms with Crippen molar-refractivity contribution in [3.8, 4) is 22.6 Å². The summed E-state index contributed by atoms with van der Waals surface area (Å²) < 4.78 is 18.3. The average Bonchev–Trinajstić information content (AvgIpc) is 2.69. The number of nitrogen functional groups attached to an aromatic ring is 1. The molecule has 0 saturated heterocycles. The minimum atomic E-state index is -0.819. The number of benzene rings is 1. The molecule has 0 fully saturated rings. The molecule has 5 nitrogen and oxygen atoms in total. The molecule has 0 aliphatic rings. The summed E-state index contributed by atoms with van der Waals surface area (Å²) in [6, 6.07) is 2.93. The van der Waals surface area contributed by atoms with Crippen LogP contribution in [-0.2, 0) is 0 Å². The summed E-state index contributed by atoms with van der Waals surface area (Å²) in [6.45, 7) is 0. The Bertz CT molecular complexity index is 525. The number of halogens is 1. The molecule has 0 amide bonds. The first-order chi connectivity index (χ1) is 7.65. The molecule has 16 heavy (non-hydrogen) atoms. The number of rotatable bonds is 2. The molecule has 0 radical (unpaired) electrons. The second kappa shape index (κ2) is 3.73. The van der Waals surface area contributed by atoms with E-state index in [2.05, 4.69) is 10.2 Å². The maximum Gasteiger partial charge on any atom is 0.207 e. The Morgan fingerprint density at radius 1 is 1.44 bits per heavy atom. The third-order valence-corrected chi connectivity index (χ3v) is 2.26. The number of aromatic amines is 1. The van der Waals surface area contributed by atoms with Crippen molar-refractivity contribution in [3.63, 3.8) is 0 Å². The van der Waals surface area contributed by atoms with Crippen LogP contribution in [0.4, 0.5) is 10.2 Å². The summed E-state index contributed by atoms with van der Waals surface area (Å²) in [4.78, 5) is 0. The molecule has 2 rings (SSSR count). The highest BCUT2D eigenvalue weighted by atomic mass is 19.1. The lowest BCUT2D eigenvalue weighted by Gasteiger charge is -2.07. The molecule has 0 bridgehead atoms. The molecule has 0 atom stereocenters. The summed E-state index contributed by atoms with van der Waals surface area (Å²) in [5.41, 5.74) is 6.29. The van der Waals surface area contributed by atoms with Gasteiger partial charge in [0.05, 0.1) is 13.3 Å². The Kier molecular flexibility index (Phi) is 2.40. The summed E-state index contributed by atoms with van der Waals surface area (Å²) in [5.74, 6) is -1.09. The molecule has 0 unspecified atom stereocenters.